The van der Waals surface area contributed by atoms with Gasteiger partial charge in [0, 0.05) is 12.1 Å². The minimum Gasteiger partial charge on any atom is -0.397 e. The Morgan fingerprint density at radius 3 is 2.15 bits per heavy atom. The smallest absolute Gasteiger partial charge is 0.269 e. The van der Waals surface area contributed by atoms with Gasteiger partial charge in [-0.25, -0.2) is 0 Å². The first-order valence-electron chi connectivity index (χ1n) is 5.83. The molecule has 0 spiro atoms. The van der Waals surface area contributed by atoms with Crippen LogP contribution in [0.15, 0.2) is 54.6 Å². The summed E-state index contributed by atoms with van der Waals surface area (Å²) in [6.45, 7) is 0. The highest BCUT2D eigenvalue weighted by atomic mass is 16.6. The van der Waals surface area contributed by atoms with Gasteiger partial charge in [-0.15, -0.1) is 0 Å². The molecule has 0 aromatic heterocycles. The van der Waals surface area contributed by atoms with Gasteiger partial charge < -0.3 is 5.73 Å². The van der Waals surface area contributed by atoms with Crippen LogP contribution in [-0.2, 0) is 0 Å². The number of hydrogen-bond acceptors (Lipinski definition) is 4. The van der Waals surface area contributed by atoms with E-state index in [0.29, 0.717) is 22.4 Å². The van der Waals surface area contributed by atoms with Crippen LogP contribution in [-0.4, -0.2) is 4.92 Å². The van der Waals surface area contributed by atoms with Crippen LogP contribution in [0.3, 0.4) is 0 Å². The van der Waals surface area contributed by atoms with Crippen LogP contribution in [0, 0.1) is 21.4 Å². The second kappa shape index (κ2) is 5.67. The lowest BCUT2D eigenvalue weighted by Crippen LogP contribution is -2.01. The normalized spacial score (nSPS) is 11.3. The summed E-state index contributed by atoms with van der Waals surface area (Å²) >= 11 is 0. The molecule has 0 aliphatic heterocycles. The van der Waals surface area contributed by atoms with Crippen LogP contribution in [0.2, 0.25) is 0 Å². The van der Waals surface area contributed by atoms with Crippen molar-refractivity contribution in [3.05, 3.63) is 75.8 Å². The quantitative estimate of drug-likeness (QED) is 0.399. The van der Waals surface area contributed by atoms with E-state index in [4.69, 9.17) is 5.73 Å². The minimum atomic E-state index is -0.480. The molecule has 2 aromatic carbocycles. The zero-order chi connectivity index (χ0) is 14.5. The predicted molar refractivity (Wildman–Crippen MR) is 76.2 cm³/mol. The van der Waals surface area contributed by atoms with Gasteiger partial charge in [-0.3, -0.25) is 10.1 Å². The van der Waals surface area contributed by atoms with Gasteiger partial charge in [0.1, 0.15) is 6.07 Å². The molecule has 0 radical (unpaired) electrons. The highest BCUT2D eigenvalue weighted by molar-refractivity contribution is 5.96. The van der Waals surface area contributed by atoms with E-state index in [1.165, 1.54) is 24.3 Å². The molecule has 0 amide bonds. The molecule has 2 aromatic rings. The molecule has 0 unspecified atom stereocenters. The Morgan fingerprint density at radius 2 is 1.65 bits per heavy atom. The lowest BCUT2D eigenvalue weighted by atomic mass is 10.0. The minimum absolute atomic E-state index is 0.0141. The number of nitro benzene ring substituents is 1. The summed E-state index contributed by atoms with van der Waals surface area (Å²) in [4.78, 5) is 10.1. The van der Waals surface area contributed by atoms with Crippen molar-refractivity contribution in [3.8, 4) is 6.07 Å². The molecule has 0 heterocycles. The fourth-order valence-electron chi connectivity index (χ4n) is 1.79. The van der Waals surface area contributed by atoms with E-state index in [0.717, 1.165) is 0 Å². The zero-order valence-electron chi connectivity index (χ0n) is 10.5. The Bertz CT molecular complexity index is 698. The second-order valence-corrected chi connectivity index (χ2v) is 4.07. The van der Waals surface area contributed by atoms with Crippen molar-refractivity contribution in [2.24, 2.45) is 5.73 Å². The number of allylic oxidation sites excluding steroid dienone is 1. The molecular formula is C15H11N3O2. The predicted octanol–water partition coefficient (Wildman–Crippen LogP) is 2.95. The van der Waals surface area contributed by atoms with E-state index in [1.54, 1.807) is 12.1 Å². The lowest BCUT2D eigenvalue weighted by molar-refractivity contribution is -0.384. The number of benzene rings is 2. The van der Waals surface area contributed by atoms with Crippen molar-refractivity contribution in [1.29, 1.82) is 5.26 Å². The summed E-state index contributed by atoms with van der Waals surface area (Å²) in [7, 11) is 0. The number of non-ortho nitro benzene ring substituents is 1. The van der Waals surface area contributed by atoms with Crippen LogP contribution in [0.1, 0.15) is 11.1 Å². The largest absolute Gasteiger partial charge is 0.397 e. The lowest BCUT2D eigenvalue weighted by Gasteiger charge is -2.06. The van der Waals surface area contributed by atoms with E-state index < -0.39 is 4.92 Å². The third kappa shape index (κ3) is 2.65. The Kier molecular flexibility index (Phi) is 3.77. The third-order valence-corrected chi connectivity index (χ3v) is 2.83. The van der Waals surface area contributed by atoms with E-state index >= 15 is 0 Å². The van der Waals surface area contributed by atoms with Gasteiger partial charge in [0.05, 0.1) is 16.2 Å². The van der Waals surface area contributed by atoms with Gasteiger partial charge in [0.15, 0.2) is 0 Å². The Balaban J connectivity index is 2.47. The van der Waals surface area contributed by atoms with Crippen molar-refractivity contribution in [3.63, 3.8) is 0 Å². The first-order valence-corrected chi connectivity index (χ1v) is 5.83. The van der Waals surface area contributed by atoms with Crippen molar-refractivity contribution in [1.82, 2.24) is 0 Å². The molecule has 5 heteroatoms. The monoisotopic (exact) mass is 265 g/mol. The Hall–Kier alpha value is -3.13. The van der Waals surface area contributed by atoms with Crippen LogP contribution < -0.4 is 5.73 Å². The molecule has 2 rings (SSSR count). The van der Waals surface area contributed by atoms with Gasteiger partial charge >= 0.3 is 0 Å². The zero-order valence-corrected chi connectivity index (χ0v) is 10.5. The van der Waals surface area contributed by atoms with Gasteiger partial charge in [-0.1, -0.05) is 30.3 Å². The average Bonchev–Trinajstić information content (AvgIpc) is 2.49. The number of hydrogen-bond donors (Lipinski definition) is 1. The second-order valence-electron chi connectivity index (χ2n) is 4.07. The van der Waals surface area contributed by atoms with Gasteiger partial charge in [-0.2, -0.15) is 5.26 Å². The molecule has 20 heavy (non-hydrogen) atoms. The number of nitro groups is 1. The molecule has 0 fully saturated rings. The molecule has 98 valence electrons. The molecule has 0 aliphatic rings. The number of nitriles is 1. The maximum absolute atomic E-state index is 10.6. The molecule has 0 aliphatic carbocycles. The van der Waals surface area contributed by atoms with Crippen molar-refractivity contribution in [2.75, 3.05) is 0 Å². The molecule has 0 bridgehead atoms. The standard InChI is InChI=1S/C15H11N3O2/c16-10-14(11-4-2-1-3-5-11)15(17)12-6-8-13(9-7-12)18(19)20/h1-9H,17H2/b15-14-. The highest BCUT2D eigenvalue weighted by Crippen LogP contribution is 2.23. The van der Waals surface area contributed by atoms with Gasteiger partial charge in [0.25, 0.3) is 5.69 Å². The topological polar surface area (TPSA) is 93.0 Å². The Labute approximate surface area is 115 Å². The van der Waals surface area contributed by atoms with Crippen LogP contribution in [0.25, 0.3) is 11.3 Å². The van der Waals surface area contributed by atoms with Crippen LogP contribution in [0.5, 0.6) is 0 Å². The highest BCUT2D eigenvalue weighted by Gasteiger charge is 2.10. The number of nitrogens with two attached hydrogens (primary N) is 1. The van der Waals surface area contributed by atoms with Crippen LogP contribution >= 0.6 is 0 Å². The molecule has 2 N–H and O–H groups in total. The summed E-state index contributed by atoms with van der Waals surface area (Å²) < 4.78 is 0. The maximum atomic E-state index is 10.6. The van der Waals surface area contributed by atoms with E-state index in [-0.39, 0.29) is 5.69 Å². The SMILES string of the molecule is N#C/C(=C(/N)c1ccc([N+](=O)[O-])cc1)c1ccccc1. The third-order valence-electron chi connectivity index (χ3n) is 2.83. The summed E-state index contributed by atoms with van der Waals surface area (Å²) in [5.74, 6) is 0. The van der Waals surface area contributed by atoms with Crippen molar-refractivity contribution < 1.29 is 4.92 Å². The van der Waals surface area contributed by atoms with E-state index in [9.17, 15) is 15.4 Å². The fourth-order valence-corrected chi connectivity index (χ4v) is 1.79. The first-order chi connectivity index (χ1) is 9.63. The fraction of sp³-hybridized carbons (Fsp3) is 0. The molecule has 5 nitrogen and oxygen atoms in total. The Morgan fingerprint density at radius 1 is 1.05 bits per heavy atom. The molecule has 0 saturated carbocycles. The van der Waals surface area contributed by atoms with Crippen LogP contribution in [0.4, 0.5) is 5.69 Å². The summed E-state index contributed by atoms with van der Waals surface area (Å²) in [5.41, 5.74) is 7.92. The summed E-state index contributed by atoms with van der Waals surface area (Å²) in [6, 6.07) is 16.9. The van der Waals surface area contributed by atoms with E-state index in [1.807, 2.05) is 18.2 Å². The van der Waals surface area contributed by atoms with Crippen molar-refractivity contribution in [2.45, 2.75) is 0 Å². The molecular weight excluding hydrogens is 254 g/mol. The van der Waals surface area contributed by atoms with Gasteiger partial charge in [0.2, 0.25) is 0 Å². The average molecular weight is 265 g/mol. The maximum Gasteiger partial charge on any atom is 0.269 e. The summed E-state index contributed by atoms with van der Waals surface area (Å²) in [6.07, 6.45) is 0. The first kappa shape index (κ1) is 13.3. The number of nitrogens with zero attached hydrogens (tertiary/aromatic N) is 2. The van der Waals surface area contributed by atoms with Crippen molar-refractivity contribution >= 4 is 17.0 Å². The molecule has 0 saturated heterocycles. The van der Waals surface area contributed by atoms with Gasteiger partial charge in [-0.05, 0) is 23.3 Å². The summed E-state index contributed by atoms with van der Waals surface area (Å²) in [5, 5.41) is 19.9. The molecule has 0 atom stereocenters. The number of rotatable bonds is 3. The van der Waals surface area contributed by atoms with E-state index in [2.05, 4.69) is 6.07 Å².